The highest BCUT2D eigenvalue weighted by Crippen LogP contribution is 2.30. The zero-order valence-corrected chi connectivity index (χ0v) is 5.46. The molecule has 0 radical (unpaired) electrons. The van der Waals surface area contributed by atoms with Gasteiger partial charge >= 0.3 is 0 Å². The van der Waals surface area contributed by atoms with Gasteiger partial charge < -0.3 is 0 Å². The lowest BCUT2D eigenvalue weighted by atomic mass is 10.4. The molecule has 2 nitrogen and oxygen atoms in total. The Labute approximate surface area is 51.5 Å². The van der Waals surface area contributed by atoms with Crippen molar-refractivity contribution in [2.45, 2.75) is 11.9 Å². The van der Waals surface area contributed by atoms with Crippen molar-refractivity contribution in [1.29, 1.82) is 0 Å². The molecular weight excluding hydrogens is 132 g/mol. The summed E-state index contributed by atoms with van der Waals surface area (Å²) in [6, 6.07) is 0. The van der Waals surface area contributed by atoms with E-state index in [0.717, 1.165) is 5.75 Å². The molecule has 1 aliphatic heterocycles. The van der Waals surface area contributed by atoms with Gasteiger partial charge in [-0.3, -0.25) is 0 Å². The Bertz CT molecular complexity index is 101. The molecule has 0 saturated carbocycles. The zero-order chi connectivity index (χ0) is 5.33. The van der Waals surface area contributed by atoms with Gasteiger partial charge in [0.2, 0.25) is 0 Å². The third kappa shape index (κ3) is 1.31. The van der Waals surface area contributed by atoms with Crippen LogP contribution in [0.1, 0.15) is 6.92 Å². The molecule has 1 unspecified atom stereocenters. The molecule has 0 aromatic heterocycles. The number of rotatable bonds is 0. The second-order valence-corrected chi connectivity index (χ2v) is 3.12. The monoisotopic (exact) mass is 136 g/mol. The third-order valence-corrected chi connectivity index (χ3v) is 1.89. The fourth-order valence-electron chi connectivity index (χ4n) is 0.290. The van der Waals surface area contributed by atoms with Crippen LogP contribution >= 0.6 is 23.5 Å². The first-order valence-electron chi connectivity index (χ1n) is 1.94. The molecule has 4 heteroatoms. The second kappa shape index (κ2) is 1.63. The minimum absolute atomic E-state index is 0.412. The molecule has 0 fully saturated rings. The molecule has 0 spiro atoms. The fourth-order valence-corrected chi connectivity index (χ4v) is 1.11. The molecule has 0 aliphatic carbocycles. The first kappa shape index (κ1) is 5.38. The molecule has 1 aliphatic rings. The van der Waals surface area contributed by atoms with Crippen LogP contribution in [-0.4, -0.2) is 10.8 Å². The maximum atomic E-state index is 5.69. The highest BCUT2D eigenvalue weighted by molar-refractivity contribution is 7.98. The van der Waals surface area contributed by atoms with E-state index >= 15 is 0 Å². The van der Waals surface area contributed by atoms with Crippen LogP contribution in [0.5, 0.6) is 0 Å². The minimum atomic E-state index is -0.412. The van der Waals surface area contributed by atoms with Gasteiger partial charge in [-0.25, -0.2) is 0 Å². The van der Waals surface area contributed by atoms with Crippen molar-refractivity contribution in [2.75, 3.05) is 5.75 Å². The van der Waals surface area contributed by atoms with E-state index in [0.29, 0.717) is 0 Å². The van der Waals surface area contributed by atoms with Gasteiger partial charge in [-0.2, -0.15) is 5.11 Å². The Hall–Kier alpha value is 0.240. The molecule has 0 amide bonds. The number of hydrogen-bond donors (Lipinski definition) is 0. The van der Waals surface area contributed by atoms with Crippen LogP contribution in [0.15, 0.2) is 9.63 Å². The van der Waals surface area contributed by atoms with E-state index in [1.165, 1.54) is 11.9 Å². The van der Waals surface area contributed by atoms with Crippen LogP contribution in [0, 0.1) is 0 Å². The van der Waals surface area contributed by atoms with Gasteiger partial charge in [-0.05, 0) is 6.92 Å². The summed E-state index contributed by atoms with van der Waals surface area (Å²) in [5, 5.41) is 3.72. The maximum absolute atomic E-state index is 5.69. The Morgan fingerprint density at radius 3 is 2.71 bits per heavy atom. The molecule has 0 aromatic carbocycles. The van der Waals surface area contributed by atoms with Crippen LogP contribution in [0.2, 0.25) is 0 Å². The van der Waals surface area contributed by atoms with Crippen LogP contribution < -0.4 is 0 Å². The van der Waals surface area contributed by atoms with E-state index in [9.17, 15) is 0 Å². The first-order chi connectivity index (χ1) is 3.21. The standard InChI is InChI=1S/C3H5ClN2S/c1-3(4)2-7-6-5-3/h2H2,1H3. The molecule has 0 aromatic rings. The number of nitrogens with zero attached hydrogens (tertiary/aromatic N) is 2. The second-order valence-electron chi connectivity index (χ2n) is 1.60. The minimum Gasteiger partial charge on any atom is -0.158 e. The van der Waals surface area contributed by atoms with E-state index in [-0.39, 0.29) is 0 Å². The predicted molar refractivity (Wildman–Crippen MR) is 31.6 cm³/mol. The number of hydrogen-bond acceptors (Lipinski definition) is 3. The lowest BCUT2D eigenvalue weighted by Gasteiger charge is -2.02. The molecule has 0 N–H and O–H groups in total. The first-order valence-corrected chi connectivity index (χ1v) is 3.26. The summed E-state index contributed by atoms with van der Waals surface area (Å²) in [7, 11) is 0. The van der Waals surface area contributed by atoms with E-state index < -0.39 is 5.00 Å². The summed E-state index contributed by atoms with van der Waals surface area (Å²) in [6.07, 6.45) is 0. The predicted octanol–water partition coefficient (Wildman–Crippen LogP) is 2.06. The Kier molecular flexibility index (Phi) is 1.26. The zero-order valence-electron chi connectivity index (χ0n) is 3.89. The molecular formula is C3H5ClN2S. The van der Waals surface area contributed by atoms with Crippen molar-refractivity contribution in [3.8, 4) is 0 Å². The Morgan fingerprint density at radius 1 is 1.86 bits per heavy atom. The normalized spacial score (nSPS) is 39.7. The summed E-state index contributed by atoms with van der Waals surface area (Å²) in [6.45, 7) is 1.85. The summed E-state index contributed by atoms with van der Waals surface area (Å²) < 4.78 is 3.65. The highest BCUT2D eigenvalue weighted by atomic mass is 35.5. The lowest BCUT2D eigenvalue weighted by molar-refractivity contribution is 0.744. The van der Waals surface area contributed by atoms with Crippen LogP contribution in [-0.2, 0) is 0 Å². The largest absolute Gasteiger partial charge is 0.163 e. The molecule has 0 saturated heterocycles. The van der Waals surface area contributed by atoms with Crippen molar-refractivity contribution in [3.63, 3.8) is 0 Å². The van der Waals surface area contributed by atoms with Gasteiger partial charge in [-0.1, -0.05) is 11.6 Å². The lowest BCUT2D eigenvalue weighted by Crippen LogP contribution is -2.10. The number of alkyl halides is 1. The Balaban J connectivity index is 2.57. The topological polar surface area (TPSA) is 24.7 Å². The smallest absolute Gasteiger partial charge is 0.158 e. The van der Waals surface area contributed by atoms with Crippen LogP contribution in [0.3, 0.4) is 0 Å². The molecule has 1 heterocycles. The van der Waals surface area contributed by atoms with Crippen LogP contribution in [0.25, 0.3) is 0 Å². The van der Waals surface area contributed by atoms with Gasteiger partial charge in [0, 0.05) is 11.9 Å². The van der Waals surface area contributed by atoms with Gasteiger partial charge in [0.05, 0.1) is 5.75 Å². The highest BCUT2D eigenvalue weighted by Gasteiger charge is 2.23. The average molecular weight is 137 g/mol. The Morgan fingerprint density at radius 2 is 2.57 bits per heavy atom. The summed E-state index contributed by atoms with van der Waals surface area (Å²) in [5.41, 5.74) is 0. The fraction of sp³-hybridized carbons (Fsp3) is 1.00. The van der Waals surface area contributed by atoms with E-state index in [1.54, 1.807) is 0 Å². The van der Waals surface area contributed by atoms with Gasteiger partial charge in [0.25, 0.3) is 0 Å². The maximum Gasteiger partial charge on any atom is 0.163 e. The van der Waals surface area contributed by atoms with Crippen LogP contribution in [0.4, 0.5) is 0 Å². The van der Waals surface area contributed by atoms with Crippen molar-refractivity contribution in [3.05, 3.63) is 0 Å². The van der Waals surface area contributed by atoms with Gasteiger partial charge in [-0.15, -0.1) is 4.52 Å². The summed E-state index contributed by atoms with van der Waals surface area (Å²) in [4.78, 5) is -0.412. The van der Waals surface area contributed by atoms with Gasteiger partial charge in [0.1, 0.15) is 0 Å². The SMILES string of the molecule is CC1(Cl)CSN=N1. The summed E-state index contributed by atoms with van der Waals surface area (Å²) in [5.74, 6) is 0.800. The quantitative estimate of drug-likeness (QED) is 0.284. The van der Waals surface area contributed by atoms with Crippen molar-refractivity contribution in [1.82, 2.24) is 0 Å². The van der Waals surface area contributed by atoms with E-state index in [1.807, 2.05) is 6.92 Å². The number of halogens is 1. The van der Waals surface area contributed by atoms with Gasteiger partial charge in [0.15, 0.2) is 5.00 Å². The molecule has 1 rings (SSSR count). The average Bonchev–Trinajstić information content (AvgIpc) is 1.84. The molecule has 0 bridgehead atoms. The van der Waals surface area contributed by atoms with Crippen molar-refractivity contribution < 1.29 is 0 Å². The van der Waals surface area contributed by atoms with E-state index in [4.69, 9.17) is 11.6 Å². The molecule has 40 valence electrons. The summed E-state index contributed by atoms with van der Waals surface area (Å²) >= 11 is 7.09. The van der Waals surface area contributed by atoms with E-state index in [2.05, 4.69) is 9.63 Å². The van der Waals surface area contributed by atoms with Crippen molar-refractivity contribution in [2.24, 2.45) is 9.63 Å². The molecule has 1 atom stereocenters. The third-order valence-electron chi connectivity index (χ3n) is 0.635. The molecule has 7 heavy (non-hydrogen) atoms. The van der Waals surface area contributed by atoms with Crippen molar-refractivity contribution >= 4 is 23.5 Å².